The second-order valence-electron chi connectivity index (χ2n) is 5.91. The van der Waals surface area contributed by atoms with Gasteiger partial charge in [-0.3, -0.25) is 0 Å². The lowest BCUT2D eigenvalue weighted by molar-refractivity contribution is 0.469. The van der Waals surface area contributed by atoms with Crippen LogP contribution in [-0.2, 0) is 10.0 Å². The minimum Gasteiger partial charge on any atom is -0.326 e. The largest absolute Gasteiger partial charge is 0.326 e. The molecule has 1 aliphatic rings. The normalized spacial score (nSPS) is 22.4. The Hall–Kier alpha value is -1.40. The molecule has 0 spiro atoms. The molecule has 6 heteroatoms. The van der Waals surface area contributed by atoms with E-state index in [9.17, 15) is 8.42 Å². The molecule has 0 saturated carbocycles. The fraction of sp³-hybridized carbons (Fsp3) is 0.294. The second kappa shape index (κ2) is 6.24. The first-order chi connectivity index (χ1) is 10.9. The number of sulfonamides is 1. The molecule has 1 heterocycles. The molecule has 0 bridgehead atoms. The monoisotopic (exact) mass is 350 g/mol. The van der Waals surface area contributed by atoms with E-state index in [0.29, 0.717) is 23.7 Å². The molecule has 2 atom stereocenters. The van der Waals surface area contributed by atoms with Crippen molar-refractivity contribution in [1.82, 2.24) is 4.31 Å². The van der Waals surface area contributed by atoms with Gasteiger partial charge in [0.1, 0.15) is 0 Å². The molecule has 1 fully saturated rings. The zero-order valence-corrected chi connectivity index (χ0v) is 14.4. The van der Waals surface area contributed by atoms with Gasteiger partial charge in [0, 0.05) is 30.1 Å². The highest BCUT2D eigenvalue weighted by atomic mass is 35.5. The lowest BCUT2D eigenvalue weighted by Gasteiger charge is -2.18. The Labute approximate surface area is 141 Å². The summed E-state index contributed by atoms with van der Waals surface area (Å²) in [6.45, 7) is 2.47. The SMILES string of the molecule is Cc1ccc(Cl)cc1S(=O)(=O)N1C[C@@H](N)[C@H](c2ccccc2)C1. The molecule has 0 aromatic heterocycles. The first-order valence-electron chi connectivity index (χ1n) is 7.46. The van der Waals surface area contributed by atoms with Gasteiger partial charge >= 0.3 is 0 Å². The third-order valence-corrected chi connectivity index (χ3v) is 6.54. The molecule has 3 rings (SSSR count). The number of nitrogens with zero attached hydrogens (tertiary/aromatic N) is 1. The Morgan fingerprint density at radius 1 is 1.13 bits per heavy atom. The molecule has 1 saturated heterocycles. The average molecular weight is 351 g/mol. The lowest BCUT2D eigenvalue weighted by Crippen LogP contribution is -2.32. The van der Waals surface area contributed by atoms with Crippen molar-refractivity contribution in [3.63, 3.8) is 0 Å². The summed E-state index contributed by atoms with van der Waals surface area (Å²) < 4.78 is 27.3. The van der Waals surface area contributed by atoms with Gasteiger partial charge in [-0.25, -0.2) is 8.42 Å². The second-order valence-corrected chi connectivity index (χ2v) is 8.26. The first-order valence-corrected chi connectivity index (χ1v) is 9.28. The molecule has 2 aromatic rings. The molecule has 0 amide bonds. The van der Waals surface area contributed by atoms with Gasteiger partial charge in [-0.1, -0.05) is 48.0 Å². The van der Waals surface area contributed by atoms with Gasteiger partial charge in [0.15, 0.2) is 0 Å². The lowest BCUT2D eigenvalue weighted by atomic mass is 9.95. The standard InChI is InChI=1S/C17H19ClN2O2S/c1-12-7-8-14(18)9-17(12)23(21,22)20-10-15(16(19)11-20)13-5-3-2-4-6-13/h2-9,15-16H,10-11,19H2,1H3/t15-,16+/m0/s1. The van der Waals surface area contributed by atoms with Crippen LogP contribution in [0.2, 0.25) is 5.02 Å². The topological polar surface area (TPSA) is 63.4 Å². The summed E-state index contributed by atoms with van der Waals surface area (Å²) in [5.41, 5.74) is 7.97. The minimum atomic E-state index is -3.60. The van der Waals surface area contributed by atoms with Crippen molar-refractivity contribution in [3.8, 4) is 0 Å². The summed E-state index contributed by atoms with van der Waals surface area (Å²) in [5.74, 6) is 0.00506. The Bertz CT molecular complexity index is 809. The van der Waals surface area contributed by atoms with E-state index in [-0.39, 0.29) is 16.9 Å². The van der Waals surface area contributed by atoms with Crippen LogP contribution in [0.15, 0.2) is 53.4 Å². The van der Waals surface area contributed by atoms with E-state index in [1.807, 2.05) is 30.3 Å². The number of benzene rings is 2. The third kappa shape index (κ3) is 3.15. The summed E-state index contributed by atoms with van der Waals surface area (Å²) in [4.78, 5) is 0.255. The van der Waals surface area contributed by atoms with Crippen molar-refractivity contribution in [2.45, 2.75) is 23.8 Å². The molecule has 0 unspecified atom stereocenters. The fourth-order valence-corrected chi connectivity index (χ4v) is 5.02. The molecular weight excluding hydrogens is 332 g/mol. The van der Waals surface area contributed by atoms with E-state index in [1.54, 1.807) is 19.1 Å². The van der Waals surface area contributed by atoms with Crippen LogP contribution in [-0.4, -0.2) is 31.9 Å². The van der Waals surface area contributed by atoms with Crippen LogP contribution < -0.4 is 5.73 Å². The van der Waals surface area contributed by atoms with Crippen LogP contribution in [0.5, 0.6) is 0 Å². The van der Waals surface area contributed by atoms with E-state index in [2.05, 4.69) is 0 Å². The average Bonchev–Trinajstić information content (AvgIpc) is 2.93. The molecule has 0 radical (unpaired) electrons. The van der Waals surface area contributed by atoms with Crippen LogP contribution in [0.3, 0.4) is 0 Å². The summed E-state index contributed by atoms with van der Waals surface area (Å²) >= 11 is 5.98. The van der Waals surface area contributed by atoms with E-state index in [1.165, 1.54) is 10.4 Å². The molecule has 122 valence electrons. The number of hydrogen-bond donors (Lipinski definition) is 1. The predicted molar refractivity (Wildman–Crippen MR) is 92.1 cm³/mol. The number of nitrogens with two attached hydrogens (primary N) is 1. The number of hydrogen-bond acceptors (Lipinski definition) is 3. The van der Waals surface area contributed by atoms with Crippen molar-refractivity contribution >= 4 is 21.6 Å². The molecule has 23 heavy (non-hydrogen) atoms. The number of rotatable bonds is 3. The highest BCUT2D eigenvalue weighted by Gasteiger charge is 2.38. The highest BCUT2D eigenvalue weighted by Crippen LogP contribution is 2.32. The van der Waals surface area contributed by atoms with E-state index >= 15 is 0 Å². The van der Waals surface area contributed by atoms with Crippen molar-refractivity contribution in [2.24, 2.45) is 5.73 Å². The van der Waals surface area contributed by atoms with E-state index in [0.717, 1.165) is 5.56 Å². The Morgan fingerprint density at radius 2 is 1.83 bits per heavy atom. The van der Waals surface area contributed by atoms with E-state index < -0.39 is 10.0 Å². The van der Waals surface area contributed by atoms with Crippen LogP contribution in [0.25, 0.3) is 0 Å². The van der Waals surface area contributed by atoms with Crippen LogP contribution in [0, 0.1) is 6.92 Å². The van der Waals surface area contributed by atoms with Gasteiger partial charge < -0.3 is 5.73 Å². The molecule has 4 nitrogen and oxygen atoms in total. The van der Waals surface area contributed by atoms with Crippen LogP contribution in [0.1, 0.15) is 17.0 Å². The fourth-order valence-electron chi connectivity index (χ4n) is 3.03. The van der Waals surface area contributed by atoms with Crippen molar-refractivity contribution in [3.05, 3.63) is 64.7 Å². The maximum absolute atomic E-state index is 12.9. The quantitative estimate of drug-likeness (QED) is 0.925. The van der Waals surface area contributed by atoms with Crippen molar-refractivity contribution in [1.29, 1.82) is 0 Å². The zero-order valence-electron chi connectivity index (χ0n) is 12.8. The smallest absolute Gasteiger partial charge is 0.243 e. The third-order valence-electron chi connectivity index (χ3n) is 4.33. The van der Waals surface area contributed by atoms with Crippen molar-refractivity contribution < 1.29 is 8.42 Å². The summed E-state index contributed by atoms with van der Waals surface area (Å²) in [6.07, 6.45) is 0. The summed E-state index contributed by atoms with van der Waals surface area (Å²) in [6, 6.07) is 14.5. The Balaban J connectivity index is 1.92. The molecule has 2 N–H and O–H groups in total. The maximum Gasteiger partial charge on any atom is 0.243 e. The van der Waals surface area contributed by atoms with Crippen LogP contribution >= 0.6 is 11.6 Å². The van der Waals surface area contributed by atoms with E-state index in [4.69, 9.17) is 17.3 Å². The Morgan fingerprint density at radius 3 is 2.52 bits per heavy atom. The first kappa shape index (κ1) is 16.5. The van der Waals surface area contributed by atoms with Gasteiger partial charge in [-0.05, 0) is 30.2 Å². The van der Waals surface area contributed by atoms with Gasteiger partial charge in [0.05, 0.1) is 4.90 Å². The van der Waals surface area contributed by atoms with Gasteiger partial charge in [0.2, 0.25) is 10.0 Å². The molecular formula is C17H19ClN2O2S. The minimum absolute atomic E-state index is 0.00506. The van der Waals surface area contributed by atoms with Gasteiger partial charge in [-0.2, -0.15) is 4.31 Å². The molecule has 0 aliphatic carbocycles. The number of aryl methyl sites for hydroxylation is 1. The van der Waals surface area contributed by atoms with Gasteiger partial charge in [0.25, 0.3) is 0 Å². The number of halogens is 1. The summed E-state index contributed by atoms with van der Waals surface area (Å²) in [5, 5.41) is 0.414. The molecule has 1 aliphatic heterocycles. The summed E-state index contributed by atoms with van der Waals surface area (Å²) in [7, 11) is -3.60. The Kier molecular flexibility index (Phi) is 4.47. The van der Waals surface area contributed by atoms with Gasteiger partial charge in [-0.15, -0.1) is 0 Å². The zero-order chi connectivity index (χ0) is 16.6. The van der Waals surface area contributed by atoms with Crippen molar-refractivity contribution in [2.75, 3.05) is 13.1 Å². The molecule has 2 aromatic carbocycles. The maximum atomic E-state index is 12.9. The highest BCUT2D eigenvalue weighted by molar-refractivity contribution is 7.89. The predicted octanol–water partition coefficient (Wildman–Crippen LogP) is 2.76. The van der Waals surface area contributed by atoms with Crippen LogP contribution in [0.4, 0.5) is 0 Å².